The molecule has 4 aromatic carbocycles. The maximum absolute atomic E-state index is 13.5. The molecule has 11 heteroatoms. The summed E-state index contributed by atoms with van der Waals surface area (Å²) < 4.78 is 35.3. The average molecular weight is 733 g/mol. The molecule has 2 fully saturated rings. The number of anilines is 1. The van der Waals surface area contributed by atoms with Crippen LogP contribution in [0, 0.1) is 18.8 Å². The molecule has 5 aromatic rings. The second-order valence-electron chi connectivity index (χ2n) is 13.4. The van der Waals surface area contributed by atoms with Gasteiger partial charge in [0.15, 0.2) is 0 Å². The molecule has 0 spiro atoms. The van der Waals surface area contributed by atoms with Gasteiger partial charge in [-0.25, -0.2) is 18.1 Å². The molecule has 0 bridgehead atoms. The van der Waals surface area contributed by atoms with E-state index >= 15 is 0 Å². The topological polar surface area (TPSA) is 118 Å². The highest BCUT2D eigenvalue weighted by molar-refractivity contribution is 8.14. The van der Waals surface area contributed by atoms with Gasteiger partial charge in [0.2, 0.25) is 15.9 Å². The molecule has 2 saturated heterocycles. The molecule has 0 unspecified atom stereocenters. The maximum Gasteiger partial charge on any atom is 0.282 e. The van der Waals surface area contributed by atoms with Gasteiger partial charge < -0.3 is 15.0 Å². The predicted molar refractivity (Wildman–Crippen MR) is 207 cm³/mol. The number of aromatic nitrogens is 1. The molecule has 7 rings (SSSR count). The Morgan fingerprint density at radius 2 is 1.75 bits per heavy atom. The van der Waals surface area contributed by atoms with E-state index in [1.54, 1.807) is 12.1 Å². The molecule has 266 valence electrons. The zero-order valence-corrected chi connectivity index (χ0v) is 30.6. The number of aryl methyl sites for hydroxylation is 1. The van der Waals surface area contributed by atoms with E-state index in [1.165, 1.54) is 30.8 Å². The number of nitrogens with one attached hydrogen (secondary N) is 2. The number of amides is 2. The number of thioether (sulfide) groups is 1. The van der Waals surface area contributed by atoms with Crippen LogP contribution in [0.4, 0.5) is 10.5 Å². The van der Waals surface area contributed by atoms with Crippen LogP contribution in [0.25, 0.3) is 22.2 Å². The van der Waals surface area contributed by atoms with Crippen LogP contribution in [-0.2, 0) is 14.8 Å². The first kappa shape index (κ1) is 35.4. The summed E-state index contributed by atoms with van der Waals surface area (Å²) in [5, 5.41) is 3.61. The number of hydrogen-bond donors (Lipinski definition) is 2. The Morgan fingerprint density at radius 1 is 1.02 bits per heavy atom. The summed E-state index contributed by atoms with van der Waals surface area (Å²) in [6.45, 7) is 8.32. The molecule has 9 nitrogen and oxygen atoms in total. The van der Waals surface area contributed by atoms with E-state index in [-0.39, 0.29) is 45.7 Å². The van der Waals surface area contributed by atoms with Gasteiger partial charge in [0.25, 0.3) is 5.24 Å². The predicted octanol–water partition coefficient (Wildman–Crippen LogP) is 8.73. The second kappa shape index (κ2) is 14.9. The van der Waals surface area contributed by atoms with Crippen molar-refractivity contribution in [3.8, 4) is 22.8 Å². The second-order valence-corrected chi connectivity index (χ2v) is 16.2. The Balaban J connectivity index is 1.12. The minimum atomic E-state index is -3.80. The number of ether oxygens (including phenoxy) is 1. The number of carbonyl (C=O) groups is 2. The highest BCUT2D eigenvalue weighted by atomic mass is 32.2. The number of pyridine rings is 1. The molecule has 4 atom stereocenters. The van der Waals surface area contributed by atoms with Crippen molar-refractivity contribution in [3.63, 3.8) is 0 Å². The van der Waals surface area contributed by atoms with E-state index in [0.29, 0.717) is 18.7 Å². The number of nitrogens with zero attached hydrogens (tertiary/aromatic N) is 2. The number of benzene rings is 4. The molecule has 2 N–H and O–H groups in total. The number of hydrogen-bond acceptors (Lipinski definition) is 7. The van der Waals surface area contributed by atoms with Gasteiger partial charge in [0.1, 0.15) is 11.5 Å². The smallest absolute Gasteiger partial charge is 0.282 e. The van der Waals surface area contributed by atoms with Crippen LogP contribution in [0.15, 0.2) is 121 Å². The SMILES string of the molecule is C=C[C@@H](CNS(=O)(=O)c1ccc(NC(C)=O)cc1)[C@H]1CCN2C(=O)S[C@@H](c3cc(-c4ccc(Oc5ccccc5)cc4)nc4ccc(C)cc34)[C@@H]2C1. The lowest BCUT2D eigenvalue weighted by Gasteiger charge is -2.39. The number of rotatable bonds is 11. The number of para-hydroxylation sites is 1. The maximum atomic E-state index is 13.5. The summed E-state index contributed by atoms with van der Waals surface area (Å²) in [5.41, 5.74) is 5.34. The van der Waals surface area contributed by atoms with E-state index in [9.17, 15) is 18.0 Å². The Morgan fingerprint density at radius 3 is 2.46 bits per heavy atom. The van der Waals surface area contributed by atoms with Gasteiger partial charge in [-0.15, -0.1) is 6.58 Å². The van der Waals surface area contributed by atoms with Crippen LogP contribution < -0.4 is 14.8 Å². The van der Waals surface area contributed by atoms with Crippen LogP contribution in [-0.4, -0.2) is 48.6 Å². The largest absolute Gasteiger partial charge is 0.457 e. The third-order valence-corrected chi connectivity index (χ3v) is 12.5. The summed E-state index contributed by atoms with van der Waals surface area (Å²) in [6.07, 6.45) is 3.29. The fourth-order valence-electron chi connectivity index (χ4n) is 7.17. The van der Waals surface area contributed by atoms with Crippen molar-refractivity contribution in [2.75, 3.05) is 18.4 Å². The van der Waals surface area contributed by atoms with Gasteiger partial charge in [0.05, 0.1) is 21.4 Å². The first-order chi connectivity index (χ1) is 25.1. The van der Waals surface area contributed by atoms with Gasteiger partial charge in [0, 0.05) is 42.7 Å². The summed E-state index contributed by atoms with van der Waals surface area (Å²) in [5.74, 6) is 1.24. The van der Waals surface area contributed by atoms with Crippen molar-refractivity contribution in [2.24, 2.45) is 11.8 Å². The van der Waals surface area contributed by atoms with Crippen molar-refractivity contribution >= 4 is 49.5 Å². The molecule has 1 aromatic heterocycles. The molecule has 2 aliphatic rings. The van der Waals surface area contributed by atoms with Crippen molar-refractivity contribution in [1.82, 2.24) is 14.6 Å². The first-order valence-electron chi connectivity index (χ1n) is 17.3. The van der Waals surface area contributed by atoms with Crippen LogP contribution in [0.3, 0.4) is 0 Å². The molecular weight excluding hydrogens is 693 g/mol. The Bertz CT molecular complexity index is 2230. The van der Waals surface area contributed by atoms with E-state index in [2.05, 4.69) is 41.7 Å². The number of sulfonamides is 1. The highest BCUT2D eigenvalue weighted by Gasteiger charge is 2.46. The molecule has 0 radical (unpaired) electrons. The van der Waals surface area contributed by atoms with Gasteiger partial charge in [-0.2, -0.15) is 0 Å². The van der Waals surface area contributed by atoms with Crippen LogP contribution in [0.5, 0.6) is 11.5 Å². The van der Waals surface area contributed by atoms with Crippen LogP contribution >= 0.6 is 11.8 Å². The van der Waals surface area contributed by atoms with E-state index < -0.39 is 10.0 Å². The van der Waals surface area contributed by atoms with E-state index in [0.717, 1.165) is 51.2 Å². The first-order valence-corrected chi connectivity index (χ1v) is 19.7. The van der Waals surface area contributed by atoms with Gasteiger partial charge >= 0.3 is 0 Å². The lowest BCUT2D eigenvalue weighted by Crippen LogP contribution is -2.44. The number of fused-ring (bicyclic) bond motifs is 2. The van der Waals surface area contributed by atoms with Crippen molar-refractivity contribution in [2.45, 2.75) is 42.9 Å². The average Bonchev–Trinajstić information content (AvgIpc) is 3.47. The van der Waals surface area contributed by atoms with Crippen molar-refractivity contribution in [1.29, 1.82) is 0 Å². The highest BCUT2D eigenvalue weighted by Crippen LogP contribution is 2.51. The quantitative estimate of drug-likeness (QED) is 0.131. The van der Waals surface area contributed by atoms with E-state index in [4.69, 9.17) is 9.72 Å². The normalized spacial score (nSPS) is 19.2. The Hall–Kier alpha value is -4.97. The summed E-state index contributed by atoms with van der Waals surface area (Å²) in [6, 6.07) is 31.9. The summed E-state index contributed by atoms with van der Waals surface area (Å²) in [4.78, 5) is 32.0. The molecule has 2 amide bonds. The molecular formula is C41H40N4O5S2. The molecule has 2 aliphatic heterocycles. The van der Waals surface area contributed by atoms with Gasteiger partial charge in [-0.1, -0.05) is 47.7 Å². The zero-order valence-electron chi connectivity index (χ0n) is 29.0. The number of piperidine rings is 1. The fourth-order valence-corrected chi connectivity index (χ4v) is 9.56. The van der Waals surface area contributed by atoms with Crippen molar-refractivity contribution in [3.05, 3.63) is 127 Å². The van der Waals surface area contributed by atoms with E-state index in [1.807, 2.05) is 71.6 Å². The van der Waals surface area contributed by atoms with Crippen molar-refractivity contribution < 1.29 is 22.7 Å². The zero-order chi connectivity index (χ0) is 36.4. The summed E-state index contributed by atoms with van der Waals surface area (Å²) >= 11 is 1.37. The van der Waals surface area contributed by atoms with Crippen LogP contribution in [0.2, 0.25) is 0 Å². The monoisotopic (exact) mass is 732 g/mol. The molecule has 3 heterocycles. The molecule has 0 saturated carbocycles. The lowest BCUT2D eigenvalue weighted by molar-refractivity contribution is -0.114. The number of carbonyl (C=O) groups excluding carboxylic acids is 2. The van der Waals surface area contributed by atoms with Gasteiger partial charge in [-0.05, 0) is 116 Å². The van der Waals surface area contributed by atoms with Crippen LogP contribution in [0.1, 0.15) is 36.1 Å². The summed E-state index contributed by atoms with van der Waals surface area (Å²) in [7, 11) is -3.80. The minimum absolute atomic E-state index is 0.0635. The molecule has 52 heavy (non-hydrogen) atoms. The molecule has 0 aliphatic carbocycles. The van der Waals surface area contributed by atoms with Gasteiger partial charge in [-0.3, -0.25) is 9.59 Å². The Kier molecular flexibility index (Phi) is 10.2. The fraction of sp³-hybridized carbons (Fsp3) is 0.244. The third-order valence-electron chi connectivity index (χ3n) is 9.83. The minimum Gasteiger partial charge on any atom is -0.457 e. The Labute approximate surface area is 308 Å². The standard InChI is InChI=1S/C41H40N4O5S2/c1-4-28(25-42-52(48,49)34-17-13-31(14-18-34)43-27(3)46)30-20-21-45-39(23-30)40(51-41(45)47)36-24-38(44-37-19-10-26(2)22-35(36)37)29-11-15-33(16-12-29)50-32-8-6-5-7-9-32/h4-19,22,24,28,30,39-40,42H,1,20-21,23,25H2,2-3H3,(H,43,46)/t28-,30-,39-,40-/m0/s1. The lowest BCUT2D eigenvalue weighted by atomic mass is 9.79. The third kappa shape index (κ3) is 7.62.